The highest BCUT2D eigenvalue weighted by atomic mass is 35.5. The molecule has 0 N–H and O–H groups in total. The average Bonchev–Trinajstić information content (AvgIpc) is 2.30. The Hall–Kier alpha value is -1.18. The highest BCUT2D eigenvalue weighted by molar-refractivity contribution is 7.81. The molecule has 2 heteroatoms. The minimum atomic E-state index is 0.702. The maximum absolute atomic E-state index is 6.11. The van der Waals surface area contributed by atoms with Crippen LogP contribution in [0.1, 0.15) is 16.7 Å². The van der Waals surface area contributed by atoms with Crippen molar-refractivity contribution in [3.63, 3.8) is 0 Å². The van der Waals surface area contributed by atoms with Crippen molar-refractivity contribution in [1.82, 2.24) is 0 Å². The van der Waals surface area contributed by atoms with Crippen LogP contribution in [0.4, 0.5) is 0 Å². The molecule has 0 atom stereocenters. The first kappa shape index (κ1) is 11.3. The molecular weight excluding hydrogens is 236 g/mol. The van der Waals surface area contributed by atoms with Crippen molar-refractivity contribution in [2.75, 3.05) is 0 Å². The van der Waals surface area contributed by atoms with Gasteiger partial charge in [0, 0.05) is 10.6 Å². The fraction of sp³-hybridized carbons (Fsp3) is 0.0714. The van der Waals surface area contributed by atoms with E-state index in [4.69, 9.17) is 23.8 Å². The van der Waals surface area contributed by atoms with E-state index in [1.807, 2.05) is 36.4 Å². The van der Waals surface area contributed by atoms with Crippen molar-refractivity contribution >= 4 is 28.7 Å². The lowest BCUT2D eigenvalue weighted by atomic mass is 10.0. The molecule has 0 heterocycles. The van der Waals surface area contributed by atoms with Crippen LogP contribution in [-0.2, 0) is 0 Å². The molecule has 0 saturated carbocycles. The number of rotatable bonds is 2. The van der Waals surface area contributed by atoms with Crippen LogP contribution >= 0.6 is 23.8 Å². The molecule has 2 aromatic rings. The summed E-state index contributed by atoms with van der Waals surface area (Å²) in [6.45, 7) is 2.06. The number of halogens is 1. The molecule has 0 aromatic heterocycles. The Kier molecular flexibility index (Phi) is 3.37. The van der Waals surface area contributed by atoms with Gasteiger partial charge in [-0.25, -0.2) is 0 Å². The van der Waals surface area contributed by atoms with Gasteiger partial charge in [0.05, 0.1) is 4.86 Å². The van der Waals surface area contributed by atoms with Crippen molar-refractivity contribution in [3.05, 3.63) is 70.2 Å². The molecule has 0 radical (unpaired) electrons. The highest BCUT2D eigenvalue weighted by Crippen LogP contribution is 2.20. The van der Waals surface area contributed by atoms with Gasteiger partial charge in [0.15, 0.2) is 0 Å². The van der Waals surface area contributed by atoms with Crippen molar-refractivity contribution in [2.24, 2.45) is 0 Å². The van der Waals surface area contributed by atoms with E-state index in [0.29, 0.717) is 5.02 Å². The largest absolute Gasteiger partial charge is 0.0836 e. The fourth-order valence-electron chi connectivity index (χ4n) is 1.51. The third kappa shape index (κ3) is 2.31. The van der Waals surface area contributed by atoms with Crippen LogP contribution in [0.25, 0.3) is 0 Å². The summed E-state index contributed by atoms with van der Waals surface area (Å²) in [4.78, 5) is 0.797. The summed E-state index contributed by atoms with van der Waals surface area (Å²) in [6, 6.07) is 15.8. The molecule has 0 fully saturated rings. The lowest BCUT2D eigenvalue weighted by Crippen LogP contribution is -2.00. The van der Waals surface area contributed by atoms with E-state index < -0.39 is 0 Å². The van der Waals surface area contributed by atoms with Gasteiger partial charge >= 0.3 is 0 Å². The minimum Gasteiger partial charge on any atom is -0.0836 e. The van der Waals surface area contributed by atoms with Crippen molar-refractivity contribution in [1.29, 1.82) is 0 Å². The minimum absolute atomic E-state index is 0.702. The molecular formula is C14H11ClS. The molecule has 0 bridgehead atoms. The standard InChI is InChI=1S/C14H11ClS/c1-10-6-8-11(9-7-10)14(16)12-4-2-3-5-13(12)15/h2-9H,1H3. The summed E-state index contributed by atoms with van der Waals surface area (Å²) in [7, 11) is 0. The first-order valence-corrected chi connectivity index (χ1v) is 5.83. The third-order valence-corrected chi connectivity index (χ3v) is 3.22. The Morgan fingerprint density at radius 3 is 2.25 bits per heavy atom. The summed E-state index contributed by atoms with van der Waals surface area (Å²) in [6.07, 6.45) is 0. The van der Waals surface area contributed by atoms with Gasteiger partial charge in [0.1, 0.15) is 0 Å². The molecule has 0 saturated heterocycles. The van der Waals surface area contributed by atoms with E-state index >= 15 is 0 Å². The van der Waals surface area contributed by atoms with Gasteiger partial charge in [-0.15, -0.1) is 0 Å². The summed E-state index contributed by atoms with van der Waals surface area (Å²) in [5.74, 6) is 0. The molecule has 0 aliphatic heterocycles. The predicted octanol–water partition coefficient (Wildman–Crippen LogP) is 4.41. The Balaban J connectivity index is 2.40. The van der Waals surface area contributed by atoms with Gasteiger partial charge in [-0.2, -0.15) is 0 Å². The first-order valence-electron chi connectivity index (χ1n) is 5.04. The molecule has 0 spiro atoms. The monoisotopic (exact) mass is 246 g/mol. The number of hydrogen-bond donors (Lipinski definition) is 0. The normalized spacial score (nSPS) is 10.1. The molecule has 0 aliphatic rings. The number of aryl methyl sites for hydroxylation is 1. The van der Waals surface area contributed by atoms with E-state index in [2.05, 4.69) is 19.1 Å². The van der Waals surface area contributed by atoms with Crippen LogP contribution in [-0.4, -0.2) is 4.86 Å². The zero-order valence-electron chi connectivity index (χ0n) is 8.91. The topological polar surface area (TPSA) is 0 Å². The number of hydrogen-bond acceptors (Lipinski definition) is 1. The smallest absolute Gasteiger partial charge is 0.0536 e. The quantitative estimate of drug-likeness (QED) is 0.559. The summed E-state index contributed by atoms with van der Waals surface area (Å²) in [5, 5.41) is 0.702. The fourth-order valence-corrected chi connectivity index (χ4v) is 2.11. The second kappa shape index (κ2) is 4.77. The van der Waals surface area contributed by atoms with Crippen molar-refractivity contribution in [2.45, 2.75) is 6.92 Å². The van der Waals surface area contributed by atoms with Crippen molar-refractivity contribution in [3.8, 4) is 0 Å². The molecule has 2 aromatic carbocycles. The van der Waals surface area contributed by atoms with Gasteiger partial charge in [-0.1, -0.05) is 71.8 Å². The summed E-state index contributed by atoms with van der Waals surface area (Å²) < 4.78 is 0. The SMILES string of the molecule is Cc1ccc(C(=S)c2ccccc2Cl)cc1. The van der Waals surface area contributed by atoms with Gasteiger partial charge in [0.25, 0.3) is 0 Å². The maximum Gasteiger partial charge on any atom is 0.0536 e. The number of benzene rings is 2. The molecule has 2 rings (SSSR count). The molecule has 16 heavy (non-hydrogen) atoms. The van der Waals surface area contributed by atoms with Crippen LogP contribution in [0.15, 0.2) is 48.5 Å². The van der Waals surface area contributed by atoms with Gasteiger partial charge < -0.3 is 0 Å². The number of thiocarbonyl (C=S) groups is 1. The van der Waals surface area contributed by atoms with Crippen molar-refractivity contribution < 1.29 is 0 Å². The predicted molar refractivity (Wildman–Crippen MR) is 73.4 cm³/mol. The second-order valence-electron chi connectivity index (χ2n) is 3.67. The highest BCUT2D eigenvalue weighted by Gasteiger charge is 2.07. The van der Waals surface area contributed by atoms with E-state index in [0.717, 1.165) is 16.0 Å². The van der Waals surface area contributed by atoms with E-state index in [9.17, 15) is 0 Å². The van der Waals surface area contributed by atoms with Crippen LogP contribution in [0.2, 0.25) is 5.02 Å². The average molecular weight is 247 g/mol. The molecule has 0 unspecified atom stereocenters. The Bertz CT molecular complexity index is 515. The second-order valence-corrected chi connectivity index (χ2v) is 4.49. The molecule has 0 amide bonds. The maximum atomic E-state index is 6.11. The van der Waals surface area contributed by atoms with E-state index in [1.165, 1.54) is 5.56 Å². The molecule has 0 nitrogen and oxygen atoms in total. The summed E-state index contributed by atoms with van der Waals surface area (Å²) in [5.41, 5.74) is 3.18. The van der Waals surface area contributed by atoms with Crippen LogP contribution in [0.3, 0.4) is 0 Å². The van der Waals surface area contributed by atoms with Gasteiger partial charge in [-0.3, -0.25) is 0 Å². The zero-order chi connectivity index (χ0) is 11.5. The van der Waals surface area contributed by atoms with Crippen LogP contribution in [0, 0.1) is 6.92 Å². The van der Waals surface area contributed by atoms with E-state index in [-0.39, 0.29) is 0 Å². The Morgan fingerprint density at radius 2 is 1.62 bits per heavy atom. The molecule has 80 valence electrons. The zero-order valence-corrected chi connectivity index (χ0v) is 10.5. The lowest BCUT2D eigenvalue weighted by molar-refractivity contribution is 1.46. The first-order chi connectivity index (χ1) is 7.68. The lowest BCUT2D eigenvalue weighted by Gasteiger charge is -2.06. The van der Waals surface area contributed by atoms with E-state index in [1.54, 1.807) is 0 Å². The van der Waals surface area contributed by atoms with Gasteiger partial charge in [0.2, 0.25) is 0 Å². The van der Waals surface area contributed by atoms with Gasteiger partial charge in [-0.05, 0) is 18.6 Å². The molecule has 0 aliphatic carbocycles. The Morgan fingerprint density at radius 1 is 1.00 bits per heavy atom. The van der Waals surface area contributed by atoms with Crippen LogP contribution < -0.4 is 0 Å². The summed E-state index contributed by atoms with van der Waals surface area (Å²) >= 11 is 11.5. The third-order valence-electron chi connectivity index (χ3n) is 2.43. The Labute approximate surface area is 106 Å². The van der Waals surface area contributed by atoms with Crippen LogP contribution in [0.5, 0.6) is 0 Å².